The van der Waals surface area contributed by atoms with Crippen molar-refractivity contribution >= 4 is 11.8 Å². The lowest BCUT2D eigenvalue weighted by Crippen LogP contribution is -2.47. The third-order valence-electron chi connectivity index (χ3n) is 4.85. The van der Waals surface area contributed by atoms with E-state index in [1.165, 1.54) is 12.1 Å². The van der Waals surface area contributed by atoms with Crippen LogP contribution in [0.25, 0.3) is 0 Å². The summed E-state index contributed by atoms with van der Waals surface area (Å²) in [7, 11) is 0. The summed E-state index contributed by atoms with van der Waals surface area (Å²) in [6.45, 7) is 3.54. The molecular formula is C22H25FN2O3. The van der Waals surface area contributed by atoms with Gasteiger partial charge in [0.05, 0.1) is 18.6 Å². The van der Waals surface area contributed by atoms with Gasteiger partial charge in [0.2, 0.25) is 5.91 Å². The summed E-state index contributed by atoms with van der Waals surface area (Å²) in [5, 5.41) is 3.04. The molecule has 0 spiro atoms. The van der Waals surface area contributed by atoms with Crippen molar-refractivity contribution in [2.75, 3.05) is 19.7 Å². The molecule has 1 saturated heterocycles. The first-order chi connectivity index (χ1) is 13.6. The van der Waals surface area contributed by atoms with E-state index in [1.807, 2.05) is 31.2 Å². The molecule has 1 aliphatic heterocycles. The zero-order chi connectivity index (χ0) is 19.9. The molecule has 0 radical (unpaired) electrons. The van der Waals surface area contributed by atoms with Crippen LogP contribution in [0, 0.1) is 5.82 Å². The third-order valence-corrected chi connectivity index (χ3v) is 4.85. The van der Waals surface area contributed by atoms with Gasteiger partial charge in [-0.05, 0) is 49.6 Å². The highest BCUT2D eigenvalue weighted by Gasteiger charge is 2.25. The molecule has 0 aliphatic carbocycles. The van der Waals surface area contributed by atoms with Crippen LogP contribution in [-0.2, 0) is 11.2 Å². The van der Waals surface area contributed by atoms with Crippen LogP contribution in [0.4, 0.5) is 4.39 Å². The lowest BCUT2D eigenvalue weighted by atomic mass is 10.0. The van der Waals surface area contributed by atoms with Crippen LogP contribution in [0.1, 0.15) is 35.7 Å². The fourth-order valence-electron chi connectivity index (χ4n) is 3.37. The van der Waals surface area contributed by atoms with Gasteiger partial charge in [0.25, 0.3) is 5.91 Å². The van der Waals surface area contributed by atoms with E-state index in [0.717, 1.165) is 11.3 Å². The van der Waals surface area contributed by atoms with Gasteiger partial charge in [0.15, 0.2) is 0 Å². The van der Waals surface area contributed by atoms with Crippen LogP contribution in [0.2, 0.25) is 0 Å². The average molecular weight is 384 g/mol. The number of benzene rings is 2. The summed E-state index contributed by atoms with van der Waals surface area (Å²) in [6, 6.07) is 13.5. The maximum Gasteiger partial charge on any atom is 0.256 e. The summed E-state index contributed by atoms with van der Waals surface area (Å²) < 4.78 is 19.2. The van der Waals surface area contributed by atoms with Crippen molar-refractivity contribution in [3.63, 3.8) is 0 Å². The van der Waals surface area contributed by atoms with Gasteiger partial charge < -0.3 is 15.0 Å². The molecule has 0 saturated carbocycles. The second-order valence-corrected chi connectivity index (χ2v) is 6.87. The van der Waals surface area contributed by atoms with Gasteiger partial charge >= 0.3 is 0 Å². The number of nitrogens with one attached hydrogen (secondary N) is 1. The molecule has 1 heterocycles. The normalized spacial score (nSPS) is 14.6. The molecule has 0 atom stereocenters. The molecular weight excluding hydrogens is 359 g/mol. The zero-order valence-corrected chi connectivity index (χ0v) is 16.0. The number of ether oxygens (including phenoxy) is 1. The van der Waals surface area contributed by atoms with E-state index in [9.17, 15) is 14.0 Å². The van der Waals surface area contributed by atoms with Crippen LogP contribution >= 0.6 is 0 Å². The molecule has 3 rings (SSSR count). The molecule has 1 aliphatic rings. The monoisotopic (exact) mass is 384 g/mol. The van der Waals surface area contributed by atoms with Crippen LogP contribution in [0.3, 0.4) is 0 Å². The van der Waals surface area contributed by atoms with Crippen molar-refractivity contribution in [2.45, 2.75) is 32.2 Å². The van der Waals surface area contributed by atoms with Crippen molar-refractivity contribution in [1.29, 1.82) is 0 Å². The van der Waals surface area contributed by atoms with Crippen molar-refractivity contribution in [3.05, 3.63) is 65.5 Å². The second-order valence-electron chi connectivity index (χ2n) is 6.87. The number of hydrogen-bond donors (Lipinski definition) is 1. The lowest BCUT2D eigenvalue weighted by Gasteiger charge is -2.32. The Kier molecular flexibility index (Phi) is 6.63. The van der Waals surface area contributed by atoms with Crippen molar-refractivity contribution < 1.29 is 18.7 Å². The summed E-state index contributed by atoms with van der Waals surface area (Å²) in [6.07, 6.45) is 1.63. The molecule has 0 aromatic heterocycles. The van der Waals surface area contributed by atoms with E-state index in [0.29, 0.717) is 39.0 Å². The fraction of sp³-hybridized carbons (Fsp3) is 0.364. The standard InChI is InChI=1S/C22H25FN2O3/c1-2-28-18-9-7-16(8-10-18)15-21(26)24-17-11-13-25(14-12-17)22(27)19-5-3-4-6-20(19)23/h3-10,17H,2,11-15H2,1H3,(H,24,26). The molecule has 0 unspecified atom stereocenters. The minimum Gasteiger partial charge on any atom is -0.494 e. The quantitative estimate of drug-likeness (QED) is 0.832. The number of hydrogen-bond acceptors (Lipinski definition) is 3. The maximum absolute atomic E-state index is 13.8. The Balaban J connectivity index is 1.46. The Morgan fingerprint density at radius 3 is 2.43 bits per heavy atom. The van der Waals surface area contributed by atoms with E-state index >= 15 is 0 Å². The van der Waals surface area contributed by atoms with Crippen molar-refractivity contribution in [3.8, 4) is 5.75 Å². The number of rotatable bonds is 6. The second kappa shape index (κ2) is 9.35. The van der Waals surface area contributed by atoms with Crippen LogP contribution in [0.15, 0.2) is 48.5 Å². The Bertz CT molecular complexity index is 815. The SMILES string of the molecule is CCOc1ccc(CC(=O)NC2CCN(C(=O)c3ccccc3F)CC2)cc1. The Labute approximate surface area is 164 Å². The summed E-state index contributed by atoms with van der Waals surface area (Å²) >= 11 is 0. The Morgan fingerprint density at radius 2 is 1.79 bits per heavy atom. The Hall–Kier alpha value is -2.89. The number of piperidine rings is 1. The molecule has 2 amide bonds. The first-order valence-electron chi connectivity index (χ1n) is 9.61. The lowest BCUT2D eigenvalue weighted by molar-refractivity contribution is -0.121. The predicted octanol–water partition coefficient (Wildman–Crippen LogP) is 3.19. The van der Waals surface area contributed by atoms with Gasteiger partial charge in [-0.15, -0.1) is 0 Å². The fourth-order valence-corrected chi connectivity index (χ4v) is 3.37. The minimum absolute atomic E-state index is 0.0277. The molecule has 1 N–H and O–H groups in total. The molecule has 0 bridgehead atoms. The first kappa shape index (κ1) is 19.9. The molecule has 148 valence electrons. The average Bonchev–Trinajstić information content (AvgIpc) is 2.70. The van der Waals surface area contributed by atoms with E-state index < -0.39 is 5.82 Å². The van der Waals surface area contributed by atoms with Gasteiger partial charge in [0, 0.05) is 19.1 Å². The molecule has 28 heavy (non-hydrogen) atoms. The van der Waals surface area contributed by atoms with Crippen molar-refractivity contribution in [2.24, 2.45) is 0 Å². The number of amides is 2. The molecule has 5 nitrogen and oxygen atoms in total. The van der Waals surface area contributed by atoms with Gasteiger partial charge in [-0.25, -0.2) is 4.39 Å². The zero-order valence-electron chi connectivity index (χ0n) is 16.0. The van der Waals surface area contributed by atoms with E-state index in [1.54, 1.807) is 17.0 Å². The first-order valence-corrected chi connectivity index (χ1v) is 9.61. The largest absolute Gasteiger partial charge is 0.494 e. The number of nitrogens with zero attached hydrogens (tertiary/aromatic N) is 1. The topological polar surface area (TPSA) is 58.6 Å². The number of halogens is 1. The summed E-state index contributed by atoms with van der Waals surface area (Å²) in [4.78, 5) is 26.4. The van der Waals surface area contributed by atoms with E-state index in [-0.39, 0.29) is 23.4 Å². The molecule has 6 heteroatoms. The highest BCUT2D eigenvalue weighted by Crippen LogP contribution is 2.17. The van der Waals surface area contributed by atoms with Crippen LogP contribution in [0.5, 0.6) is 5.75 Å². The van der Waals surface area contributed by atoms with Crippen LogP contribution < -0.4 is 10.1 Å². The van der Waals surface area contributed by atoms with E-state index in [4.69, 9.17) is 4.74 Å². The van der Waals surface area contributed by atoms with Gasteiger partial charge in [0.1, 0.15) is 11.6 Å². The van der Waals surface area contributed by atoms with Gasteiger partial charge in [-0.3, -0.25) is 9.59 Å². The maximum atomic E-state index is 13.8. The number of likely N-dealkylation sites (tertiary alicyclic amines) is 1. The van der Waals surface area contributed by atoms with Gasteiger partial charge in [-0.1, -0.05) is 24.3 Å². The summed E-state index contributed by atoms with van der Waals surface area (Å²) in [5.41, 5.74) is 1.02. The predicted molar refractivity (Wildman–Crippen MR) is 105 cm³/mol. The molecule has 2 aromatic carbocycles. The summed E-state index contributed by atoms with van der Waals surface area (Å²) in [5.74, 6) is -0.0443. The van der Waals surface area contributed by atoms with Gasteiger partial charge in [-0.2, -0.15) is 0 Å². The highest BCUT2D eigenvalue weighted by atomic mass is 19.1. The smallest absolute Gasteiger partial charge is 0.256 e. The minimum atomic E-state index is -0.502. The third kappa shape index (κ3) is 5.09. The Morgan fingerprint density at radius 1 is 1.11 bits per heavy atom. The van der Waals surface area contributed by atoms with Crippen molar-refractivity contribution in [1.82, 2.24) is 10.2 Å². The van der Waals surface area contributed by atoms with Crippen LogP contribution in [-0.4, -0.2) is 42.5 Å². The highest BCUT2D eigenvalue weighted by molar-refractivity contribution is 5.94. The number of carbonyl (C=O) groups is 2. The molecule has 1 fully saturated rings. The molecule has 2 aromatic rings. The van der Waals surface area contributed by atoms with E-state index in [2.05, 4.69) is 5.32 Å². The number of carbonyl (C=O) groups excluding carboxylic acids is 2.